The van der Waals surface area contributed by atoms with Crippen molar-refractivity contribution in [3.05, 3.63) is 58.6 Å². The van der Waals surface area contributed by atoms with E-state index in [0.717, 1.165) is 0 Å². The summed E-state index contributed by atoms with van der Waals surface area (Å²) in [7, 11) is 0. The summed E-state index contributed by atoms with van der Waals surface area (Å²) in [5.41, 5.74) is 0.0398. The first-order chi connectivity index (χ1) is 62.7. The molecule has 132 heavy (non-hydrogen) atoms. The van der Waals surface area contributed by atoms with Crippen LogP contribution in [0, 0.1) is 0 Å². The number of carbonyl (C=O) groups is 24. The van der Waals surface area contributed by atoms with Gasteiger partial charge in [0.1, 0.15) is 37.3 Å². The van der Waals surface area contributed by atoms with Gasteiger partial charge in [-0.2, -0.15) is 10.1 Å². The molecule has 2 aromatic rings. The second-order valence-electron chi connectivity index (χ2n) is 28.3. The number of carbonyl (C=O) groups excluding carboxylic acids is 20. The Morgan fingerprint density at radius 3 is 0.667 bits per heavy atom. The maximum absolute atomic E-state index is 12.8. The predicted molar refractivity (Wildman–Crippen MR) is 469 cm³/mol. The predicted octanol–water partition coefficient (Wildman–Crippen LogP) is -3.72. The van der Waals surface area contributed by atoms with Crippen LogP contribution in [0.3, 0.4) is 0 Å². The molecule has 2 aromatic carbocycles. The third-order valence-corrected chi connectivity index (χ3v) is 19.9. The van der Waals surface area contributed by atoms with Gasteiger partial charge in [0.15, 0.2) is 0 Å². The lowest BCUT2D eigenvalue weighted by Crippen LogP contribution is -2.50. The Morgan fingerprint density at radius 2 is 0.455 bits per heavy atom. The van der Waals surface area contributed by atoms with Crippen LogP contribution in [-0.4, -0.2) is 299 Å². The number of amides is 20. The number of hydrogen-bond donors (Lipinski definition) is 24. The van der Waals surface area contributed by atoms with Crippen molar-refractivity contribution in [2.75, 3.05) is 113 Å². The zero-order valence-electron chi connectivity index (χ0n) is 71.7. The molecule has 0 fully saturated rings. The highest BCUT2D eigenvalue weighted by Gasteiger charge is 2.30. The fourth-order valence-corrected chi connectivity index (χ4v) is 12.4. The lowest BCUT2D eigenvalue weighted by atomic mass is 10.1. The number of hydrogen-bond acceptors (Lipinski definition) is 28. The van der Waals surface area contributed by atoms with Crippen LogP contribution in [0.15, 0.2) is 48.5 Å². The summed E-state index contributed by atoms with van der Waals surface area (Å²) in [5, 5.41) is 100. The second kappa shape index (κ2) is 67.2. The molecule has 0 saturated heterocycles. The van der Waals surface area contributed by atoms with Gasteiger partial charge < -0.3 is 116 Å². The van der Waals surface area contributed by atoms with Crippen LogP contribution in [0.5, 0.6) is 0 Å². The number of aliphatic carboxylic acids is 4. The van der Waals surface area contributed by atoms with E-state index in [-0.39, 0.29) is 189 Å². The highest BCUT2D eigenvalue weighted by Crippen LogP contribution is 2.23. The van der Waals surface area contributed by atoms with Crippen molar-refractivity contribution < 1.29 is 146 Å². The van der Waals surface area contributed by atoms with Crippen molar-refractivity contribution in [3.8, 4) is 0 Å². The molecular weight excluding hydrogens is 1830 g/mol. The van der Waals surface area contributed by atoms with Crippen molar-refractivity contribution >= 4 is 199 Å². The minimum absolute atomic E-state index is 0.0199. The number of unbranched alkanes of at least 4 members (excludes halogenated alkanes) is 3. The number of carboxylic acids is 4. The second-order valence-corrected chi connectivity index (χ2v) is 31.1. The molecule has 0 unspecified atom stereocenters. The minimum Gasteiger partial charge on any atom is -0.480 e. The molecule has 0 aliphatic heterocycles. The van der Waals surface area contributed by atoms with Crippen LogP contribution < -0.4 is 106 Å². The molecule has 50 nitrogen and oxygen atoms in total. The Labute approximate surface area is 773 Å². The average Bonchev–Trinajstić information content (AvgIpc) is 0.871. The summed E-state index contributed by atoms with van der Waals surface area (Å²) in [6.07, 6.45) is -1.58. The van der Waals surface area contributed by atoms with Gasteiger partial charge in [-0.25, -0.2) is 9.59 Å². The average molecular weight is 1940 g/mol. The molecule has 0 heterocycles. The largest absolute Gasteiger partial charge is 0.480 e. The van der Waals surface area contributed by atoms with Crippen LogP contribution in [0.4, 0.5) is 21.0 Å². The van der Waals surface area contributed by atoms with Gasteiger partial charge in [-0.15, -0.1) is 0 Å². The van der Waals surface area contributed by atoms with Crippen molar-refractivity contribution in [2.24, 2.45) is 0 Å². The number of benzene rings is 2. The van der Waals surface area contributed by atoms with Gasteiger partial charge in [0.25, 0.3) is 0 Å². The molecule has 0 bridgehead atoms. The zero-order chi connectivity index (χ0) is 98.3. The molecule has 0 aliphatic rings. The Balaban J connectivity index is 1.44. The van der Waals surface area contributed by atoms with Crippen molar-refractivity contribution in [1.82, 2.24) is 95.7 Å². The number of rotatable bonds is 67. The number of thioether (sulfide) groups is 2. The molecule has 0 spiro atoms. The van der Waals surface area contributed by atoms with Crippen LogP contribution >= 0.6 is 46.7 Å². The molecule has 54 heteroatoms. The maximum atomic E-state index is 12.8. The Bertz CT molecular complexity index is 4010. The normalized spacial score (nSPS) is 11.5. The van der Waals surface area contributed by atoms with E-state index in [1.165, 1.54) is 48.5 Å². The van der Waals surface area contributed by atoms with Crippen molar-refractivity contribution in [2.45, 2.75) is 165 Å². The topological polar surface area (TPSA) is 754 Å². The fraction of sp³-hybridized carbons (Fsp3) is 0.538. The third kappa shape index (κ3) is 57.1. The Hall–Kier alpha value is -13.1. The summed E-state index contributed by atoms with van der Waals surface area (Å²) in [4.78, 5) is 295. The molecule has 0 aromatic heterocycles. The summed E-state index contributed by atoms with van der Waals surface area (Å²) in [5.74, 6) is -17.9. The highest BCUT2D eigenvalue weighted by atomic mass is 35.5. The highest BCUT2D eigenvalue weighted by molar-refractivity contribution is 8.14. The number of hydroxylamine groups is 2. The smallest absolute Gasteiger partial charge is 0.326 e. The molecule has 20 amide bonds. The van der Waals surface area contributed by atoms with Crippen LogP contribution in [0.2, 0.25) is 10.0 Å². The van der Waals surface area contributed by atoms with Gasteiger partial charge >= 0.3 is 34.4 Å². The van der Waals surface area contributed by atoms with E-state index in [1.807, 2.05) is 0 Å². The lowest BCUT2D eigenvalue weighted by molar-refractivity contribution is -0.142. The van der Waals surface area contributed by atoms with Gasteiger partial charge in [-0.3, -0.25) is 116 Å². The molecule has 0 radical (unpaired) electrons. The molecule has 2 rings (SSSR count). The molecule has 0 aliphatic carbocycles. The standard InChI is InChI=1S/C78H112Cl2N20O30S2/c79-47-7-11-49(12-8-47)99(129)77(127)131-45-53(73(121)93-43-71(117)118)97-67(113)17-15-51(75(123)124)95-69(115)29-41-91-65(111)27-39-89-63(109)25-37-87-61(107)23-35-85-59(105)21-33-83-57(103)19-31-81-55(101)5-3-1-2-4-6-56(102)82-32-20-58(104)84-34-22-60(106)86-36-24-62(108)88-38-26-64(110)90-40-28-66(112)92-42-30-70(116)96-52(76(125)126)16-18-68(114)98-54(74(122)94-44-72(119)120)46-132-78(128)100(130)50-13-9-48(80)10-14-50/h7-14,51-54,129-130H,1-6,15-46H2,(H,81,101)(H,82,102)(H,83,103)(H,84,104)(H,85,105)(H,86,106)(H,87,107)(H,88,108)(H,89,109)(H,90,110)(H,91,111)(H,92,112)(H,93,121)(H,94,122)(H,95,115)(H,96,116)(H,97,113)(H,98,114)(H,117,118)(H,119,120)(H,123,124)(H,125,126)/t51-,52-,53-,54-/m0/s1. The van der Waals surface area contributed by atoms with E-state index in [2.05, 4.69) is 95.7 Å². The monoisotopic (exact) mass is 1940 g/mol. The SMILES string of the molecule is O=C(O)CNC(=O)[C@H](CSC(=O)N(O)c1ccc(Cl)cc1)NC(=O)CC[C@H](NC(=O)CCNC(=O)CCNC(=O)CCNC(=O)CCNC(=O)CCNC(=O)CCNC(=O)CCCCCCC(=O)NCCC(=O)NCCC(=O)NCCC(=O)NCCC(=O)NCCC(=O)NCCC(=O)N[C@@H](CCC(=O)N[C@@H](CSC(=O)N(O)c1ccc(Cl)cc1)C(=O)NCC(=O)O)C(=O)O)C(=O)O. The summed E-state index contributed by atoms with van der Waals surface area (Å²) >= 11 is 12.4. The van der Waals surface area contributed by atoms with E-state index in [0.29, 0.717) is 59.3 Å². The summed E-state index contributed by atoms with van der Waals surface area (Å²) in [6.45, 7) is -2.64. The van der Waals surface area contributed by atoms with E-state index in [4.69, 9.17) is 33.4 Å². The zero-order valence-corrected chi connectivity index (χ0v) is 74.9. The Morgan fingerprint density at radius 1 is 0.258 bits per heavy atom. The molecule has 730 valence electrons. The molecule has 24 N–H and O–H groups in total. The van der Waals surface area contributed by atoms with Gasteiger partial charge in [-0.05, 0) is 74.2 Å². The van der Waals surface area contributed by atoms with Gasteiger partial charge in [0, 0.05) is 203 Å². The van der Waals surface area contributed by atoms with E-state index < -0.39 is 216 Å². The first-order valence-corrected chi connectivity index (χ1v) is 44.1. The number of nitrogens with one attached hydrogen (secondary N) is 18. The number of anilines is 2. The summed E-state index contributed by atoms with van der Waals surface area (Å²) in [6, 6.07) is 4.58. The number of halogens is 2. The van der Waals surface area contributed by atoms with E-state index >= 15 is 0 Å². The van der Waals surface area contributed by atoms with E-state index in [9.17, 15) is 136 Å². The van der Waals surface area contributed by atoms with Crippen molar-refractivity contribution in [3.63, 3.8) is 0 Å². The third-order valence-electron chi connectivity index (χ3n) is 17.6. The van der Waals surface area contributed by atoms with Crippen LogP contribution in [0.25, 0.3) is 0 Å². The number of nitrogens with zero attached hydrogens (tertiary/aromatic N) is 2. The minimum atomic E-state index is -1.61. The lowest BCUT2D eigenvalue weighted by Gasteiger charge is -2.20. The van der Waals surface area contributed by atoms with Crippen LogP contribution in [-0.2, 0) is 105 Å². The fourth-order valence-electron chi connectivity index (χ4n) is 10.6. The maximum Gasteiger partial charge on any atom is 0.326 e. The first-order valence-electron chi connectivity index (χ1n) is 41.4. The van der Waals surface area contributed by atoms with Gasteiger partial charge in [-0.1, -0.05) is 59.6 Å². The number of carboxylic acid groups (broad SMARTS) is 4. The molecular formula is C78H112Cl2N20O30S2. The molecule has 4 atom stereocenters. The Kier molecular flexibility index (Phi) is 58.5. The van der Waals surface area contributed by atoms with E-state index in [1.54, 1.807) is 0 Å². The van der Waals surface area contributed by atoms with Crippen LogP contribution in [0.1, 0.15) is 141 Å². The first kappa shape index (κ1) is 115. The summed E-state index contributed by atoms with van der Waals surface area (Å²) < 4.78 is 0. The quantitative estimate of drug-likeness (QED) is 0.0172. The van der Waals surface area contributed by atoms with Gasteiger partial charge in [0.05, 0.1) is 11.4 Å². The van der Waals surface area contributed by atoms with Gasteiger partial charge in [0.2, 0.25) is 106 Å². The van der Waals surface area contributed by atoms with Crippen molar-refractivity contribution in [1.29, 1.82) is 0 Å². The molecule has 0 saturated carbocycles.